The Morgan fingerprint density at radius 2 is 1.68 bits per heavy atom. The van der Waals surface area contributed by atoms with Crippen LogP contribution in [0.5, 0.6) is 0 Å². The van der Waals surface area contributed by atoms with E-state index in [9.17, 15) is 9.59 Å². The van der Waals surface area contributed by atoms with Crippen molar-refractivity contribution < 1.29 is 19.4 Å². The Hall–Kier alpha value is -2.08. The van der Waals surface area contributed by atoms with Crippen molar-refractivity contribution in [1.29, 1.82) is 0 Å². The van der Waals surface area contributed by atoms with Crippen LogP contribution in [0.15, 0.2) is 24.3 Å². The molecule has 0 fully saturated rings. The number of carboxylic acid groups (broad SMARTS) is 1. The minimum atomic E-state index is -0.937. The molecule has 1 rings (SSSR count). The van der Waals surface area contributed by atoms with Crippen LogP contribution in [0.3, 0.4) is 0 Å². The number of ether oxygens (including phenoxy) is 1. The second-order valence-corrected chi connectivity index (χ2v) is 7.78. The number of rotatable bonds is 7. The third-order valence-corrected chi connectivity index (χ3v) is 4.17. The third kappa shape index (κ3) is 7.13. The van der Waals surface area contributed by atoms with Crippen molar-refractivity contribution in [1.82, 2.24) is 10.6 Å². The van der Waals surface area contributed by atoms with E-state index >= 15 is 0 Å². The van der Waals surface area contributed by atoms with Gasteiger partial charge in [-0.25, -0.2) is 9.59 Å². The molecule has 0 aliphatic rings. The molecule has 1 amide bonds. The summed E-state index contributed by atoms with van der Waals surface area (Å²) in [6.07, 6.45) is -0.438. The molecule has 1 aromatic rings. The first kappa shape index (κ1) is 21.0. The minimum absolute atomic E-state index is 0.265. The van der Waals surface area contributed by atoms with Crippen LogP contribution in [-0.4, -0.2) is 34.9 Å². The van der Waals surface area contributed by atoms with Crippen LogP contribution in [0.25, 0.3) is 0 Å². The van der Waals surface area contributed by atoms with Gasteiger partial charge in [0.05, 0.1) is 5.56 Å². The van der Waals surface area contributed by atoms with Gasteiger partial charge < -0.3 is 20.5 Å². The molecule has 0 aromatic heterocycles. The summed E-state index contributed by atoms with van der Waals surface area (Å²) in [6.45, 7) is 12.7. The lowest BCUT2D eigenvalue weighted by Gasteiger charge is -2.35. The molecule has 0 radical (unpaired) electrons. The smallest absolute Gasteiger partial charge is 0.407 e. The summed E-state index contributed by atoms with van der Waals surface area (Å²) in [5.41, 5.74) is 0.385. The molecule has 6 nitrogen and oxygen atoms in total. The van der Waals surface area contributed by atoms with Crippen LogP contribution in [0, 0.1) is 5.92 Å². The predicted molar refractivity (Wildman–Crippen MR) is 97.7 cm³/mol. The Bertz CT molecular complexity index is 590. The van der Waals surface area contributed by atoms with Gasteiger partial charge >= 0.3 is 12.1 Å². The number of carboxylic acids is 1. The Labute approximate surface area is 150 Å². The average molecular weight is 350 g/mol. The van der Waals surface area contributed by atoms with Crippen LogP contribution in [0.1, 0.15) is 57.5 Å². The van der Waals surface area contributed by atoms with Gasteiger partial charge in [0.15, 0.2) is 0 Å². The van der Waals surface area contributed by atoms with Crippen molar-refractivity contribution in [3.05, 3.63) is 35.4 Å². The number of benzene rings is 1. The molecular weight excluding hydrogens is 320 g/mol. The molecule has 0 bridgehead atoms. The van der Waals surface area contributed by atoms with Crippen LogP contribution >= 0.6 is 0 Å². The molecular formula is C19H30N2O4. The highest BCUT2D eigenvalue weighted by Gasteiger charge is 2.29. The summed E-state index contributed by atoms with van der Waals surface area (Å²) in [4.78, 5) is 22.8. The maximum absolute atomic E-state index is 11.9. The molecule has 1 atom stereocenters. The van der Waals surface area contributed by atoms with Gasteiger partial charge in [-0.15, -0.1) is 0 Å². The normalized spacial score (nSPS) is 14.0. The highest BCUT2D eigenvalue weighted by molar-refractivity contribution is 5.87. The van der Waals surface area contributed by atoms with E-state index in [-0.39, 0.29) is 17.0 Å². The Balaban J connectivity index is 2.65. The molecule has 0 saturated heterocycles. The second kappa shape index (κ2) is 8.34. The zero-order valence-electron chi connectivity index (χ0n) is 16.0. The summed E-state index contributed by atoms with van der Waals surface area (Å²) in [7, 11) is 0. The molecule has 0 aliphatic heterocycles. The van der Waals surface area contributed by atoms with Crippen molar-refractivity contribution in [2.24, 2.45) is 5.92 Å². The number of hydrogen-bond acceptors (Lipinski definition) is 4. The van der Waals surface area contributed by atoms with Crippen LogP contribution in [-0.2, 0) is 11.3 Å². The van der Waals surface area contributed by atoms with Crippen LogP contribution in [0.2, 0.25) is 0 Å². The van der Waals surface area contributed by atoms with Crippen LogP contribution in [0.4, 0.5) is 4.79 Å². The largest absolute Gasteiger partial charge is 0.478 e. The fourth-order valence-corrected chi connectivity index (χ4v) is 2.11. The number of carbonyl (C=O) groups is 2. The molecule has 0 heterocycles. The highest BCUT2D eigenvalue weighted by atomic mass is 16.6. The first-order valence-electron chi connectivity index (χ1n) is 8.47. The summed E-state index contributed by atoms with van der Waals surface area (Å²) >= 11 is 0. The highest BCUT2D eigenvalue weighted by Crippen LogP contribution is 2.17. The summed E-state index contributed by atoms with van der Waals surface area (Å²) < 4.78 is 5.28. The second-order valence-electron chi connectivity index (χ2n) is 7.78. The molecule has 0 aliphatic carbocycles. The van der Waals surface area contributed by atoms with E-state index in [0.717, 1.165) is 5.56 Å². The van der Waals surface area contributed by atoms with Gasteiger partial charge in [-0.2, -0.15) is 0 Å². The Morgan fingerprint density at radius 3 is 2.12 bits per heavy atom. The maximum Gasteiger partial charge on any atom is 0.407 e. The molecule has 140 valence electrons. The molecule has 6 heteroatoms. The van der Waals surface area contributed by atoms with Gasteiger partial charge in [0.25, 0.3) is 0 Å². The maximum atomic E-state index is 11.9. The zero-order valence-corrected chi connectivity index (χ0v) is 16.0. The lowest BCUT2D eigenvalue weighted by atomic mass is 9.88. The first-order valence-corrected chi connectivity index (χ1v) is 8.47. The minimum Gasteiger partial charge on any atom is -0.478 e. The van der Waals surface area contributed by atoms with Crippen molar-refractivity contribution in [2.75, 3.05) is 6.54 Å². The number of nitrogens with one attached hydrogen (secondary N) is 2. The number of carbonyl (C=O) groups excluding carboxylic acids is 1. The van der Waals surface area contributed by atoms with E-state index in [2.05, 4.69) is 24.5 Å². The summed E-state index contributed by atoms with van der Waals surface area (Å²) in [5.74, 6) is -0.672. The number of alkyl carbamates (subject to hydrolysis) is 1. The van der Waals surface area contributed by atoms with Gasteiger partial charge in [-0.3, -0.25) is 0 Å². The molecule has 0 spiro atoms. The van der Waals surface area contributed by atoms with Crippen molar-refractivity contribution in [2.45, 2.75) is 59.2 Å². The quantitative estimate of drug-likeness (QED) is 0.701. The van der Waals surface area contributed by atoms with Crippen molar-refractivity contribution >= 4 is 12.1 Å². The first-order chi connectivity index (χ1) is 11.4. The molecule has 0 saturated carbocycles. The van der Waals surface area contributed by atoms with E-state index in [1.807, 2.05) is 27.7 Å². The molecule has 1 aromatic carbocycles. The molecule has 25 heavy (non-hydrogen) atoms. The van der Waals surface area contributed by atoms with Crippen LogP contribution < -0.4 is 10.6 Å². The lowest BCUT2D eigenvalue weighted by Crippen LogP contribution is -2.55. The lowest BCUT2D eigenvalue weighted by molar-refractivity contribution is 0.0502. The van der Waals surface area contributed by atoms with E-state index in [4.69, 9.17) is 9.84 Å². The fourth-order valence-electron chi connectivity index (χ4n) is 2.11. The van der Waals surface area contributed by atoms with E-state index < -0.39 is 17.7 Å². The van der Waals surface area contributed by atoms with E-state index in [1.54, 1.807) is 24.3 Å². The number of hydrogen-bond donors (Lipinski definition) is 3. The Kier molecular flexibility index (Phi) is 6.99. The average Bonchev–Trinajstić information content (AvgIpc) is 2.49. The topological polar surface area (TPSA) is 87.7 Å². The number of amides is 1. The predicted octanol–water partition coefficient (Wildman–Crippen LogP) is 3.41. The van der Waals surface area contributed by atoms with E-state index in [1.165, 1.54) is 0 Å². The summed E-state index contributed by atoms with van der Waals surface area (Å²) in [6, 6.07) is 6.76. The monoisotopic (exact) mass is 350 g/mol. The SMILES string of the molecule is CC(C)C(C)(CNC(=O)OC(C)(C)C)NCc1ccc(C(=O)O)cc1. The summed E-state index contributed by atoms with van der Waals surface area (Å²) in [5, 5.41) is 15.2. The molecule has 1 unspecified atom stereocenters. The standard InChI is InChI=1S/C19H30N2O4/c1-13(2)19(6,12-20-17(24)25-18(3,4)5)21-11-14-7-9-15(10-8-14)16(22)23/h7-10,13,21H,11-12H2,1-6H3,(H,20,24)(H,22,23). The Morgan fingerprint density at radius 1 is 1.12 bits per heavy atom. The van der Waals surface area contributed by atoms with Gasteiger partial charge in [0.2, 0.25) is 0 Å². The number of aromatic carboxylic acids is 1. The zero-order chi connectivity index (χ0) is 19.3. The third-order valence-electron chi connectivity index (χ3n) is 4.17. The van der Waals surface area contributed by atoms with Crippen molar-refractivity contribution in [3.63, 3.8) is 0 Å². The van der Waals surface area contributed by atoms with Gasteiger partial charge in [0.1, 0.15) is 5.60 Å². The van der Waals surface area contributed by atoms with Gasteiger partial charge in [-0.1, -0.05) is 26.0 Å². The van der Waals surface area contributed by atoms with Crippen molar-refractivity contribution in [3.8, 4) is 0 Å². The van der Waals surface area contributed by atoms with Gasteiger partial charge in [0, 0.05) is 18.6 Å². The fraction of sp³-hybridized carbons (Fsp3) is 0.579. The molecule has 3 N–H and O–H groups in total. The van der Waals surface area contributed by atoms with E-state index in [0.29, 0.717) is 13.1 Å². The van der Waals surface area contributed by atoms with Gasteiger partial charge in [-0.05, 0) is 51.3 Å².